The SMILES string of the molecule is CCCn1c2c(cc(CNC3CC3)c1=O)CN(CC)CC2. The summed E-state index contributed by atoms with van der Waals surface area (Å²) in [4.78, 5) is 15.2. The Morgan fingerprint density at radius 3 is 2.81 bits per heavy atom. The van der Waals surface area contributed by atoms with E-state index in [2.05, 4.69) is 30.1 Å². The molecule has 21 heavy (non-hydrogen) atoms. The summed E-state index contributed by atoms with van der Waals surface area (Å²) < 4.78 is 2.05. The summed E-state index contributed by atoms with van der Waals surface area (Å²) in [6, 6.07) is 2.81. The van der Waals surface area contributed by atoms with E-state index < -0.39 is 0 Å². The van der Waals surface area contributed by atoms with E-state index in [1.165, 1.54) is 24.1 Å². The van der Waals surface area contributed by atoms with Crippen LogP contribution in [0.5, 0.6) is 0 Å². The van der Waals surface area contributed by atoms with Crippen molar-refractivity contribution in [3.63, 3.8) is 0 Å². The molecule has 2 heterocycles. The molecule has 0 amide bonds. The molecule has 0 spiro atoms. The lowest BCUT2D eigenvalue weighted by molar-refractivity contribution is 0.261. The number of nitrogens with one attached hydrogen (secondary N) is 1. The minimum Gasteiger partial charge on any atom is -0.312 e. The molecule has 116 valence electrons. The molecule has 1 aliphatic heterocycles. The molecule has 0 bridgehead atoms. The van der Waals surface area contributed by atoms with Crippen molar-refractivity contribution in [3.8, 4) is 0 Å². The van der Waals surface area contributed by atoms with E-state index in [-0.39, 0.29) is 5.56 Å². The van der Waals surface area contributed by atoms with Gasteiger partial charge >= 0.3 is 0 Å². The van der Waals surface area contributed by atoms with Crippen LogP contribution in [0.4, 0.5) is 0 Å². The van der Waals surface area contributed by atoms with Gasteiger partial charge in [0.1, 0.15) is 0 Å². The maximum Gasteiger partial charge on any atom is 0.255 e. The van der Waals surface area contributed by atoms with E-state index in [1.54, 1.807) is 0 Å². The van der Waals surface area contributed by atoms with Crippen molar-refractivity contribution in [3.05, 3.63) is 33.2 Å². The molecule has 3 rings (SSSR count). The maximum atomic E-state index is 12.7. The van der Waals surface area contributed by atoms with Crippen LogP contribution in [0.25, 0.3) is 0 Å². The van der Waals surface area contributed by atoms with Crippen molar-refractivity contribution in [2.24, 2.45) is 0 Å². The highest BCUT2D eigenvalue weighted by Crippen LogP contribution is 2.21. The quantitative estimate of drug-likeness (QED) is 0.869. The van der Waals surface area contributed by atoms with Crippen LogP contribution in [0.2, 0.25) is 0 Å². The number of aromatic nitrogens is 1. The molecule has 4 heteroatoms. The van der Waals surface area contributed by atoms with Crippen molar-refractivity contribution in [2.75, 3.05) is 13.1 Å². The molecule has 4 nitrogen and oxygen atoms in total. The molecule has 1 fully saturated rings. The zero-order valence-corrected chi connectivity index (χ0v) is 13.3. The van der Waals surface area contributed by atoms with Gasteiger partial charge in [0.2, 0.25) is 0 Å². The Morgan fingerprint density at radius 1 is 1.33 bits per heavy atom. The standard InChI is InChI=1S/C17H27N3O/c1-3-8-20-16-7-9-19(4-2)12-14(16)10-13(17(20)21)11-18-15-5-6-15/h10,15,18H,3-9,11-12H2,1-2H3. The normalized spacial score (nSPS) is 18.8. The zero-order chi connectivity index (χ0) is 14.8. The summed E-state index contributed by atoms with van der Waals surface area (Å²) in [5.74, 6) is 0. The van der Waals surface area contributed by atoms with Crippen molar-refractivity contribution < 1.29 is 0 Å². The van der Waals surface area contributed by atoms with Crippen LogP contribution in [0.1, 0.15) is 49.9 Å². The predicted molar refractivity (Wildman–Crippen MR) is 85.5 cm³/mol. The lowest BCUT2D eigenvalue weighted by Gasteiger charge is -2.30. The van der Waals surface area contributed by atoms with Gasteiger partial charge in [-0.2, -0.15) is 0 Å². The van der Waals surface area contributed by atoms with Gasteiger partial charge in [-0.15, -0.1) is 0 Å². The van der Waals surface area contributed by atoms with Crippen LogP contribution >= 0.6 is 0 Å². The van der Waals surface area contributed by atoms with Crippen LogP contribution in [0.3, 0.4) is 0 Å². The van der Waals surface area contributed by atoms with Crippen LogP contribution in [-0.4, -0.2) is 28.6 Å². The first-order valence-electron chi connectivity index (χ1n) is 8.43. The Balaban J connectivity index is 1.92. The molecule has 1 aromatic heterocycles. The number of hydrogen-bond acceptors (Lipinski definition) is 3. The van der Waals surface area contributed by atoms with E-state index in [9.17, 15) is 4.79 Å². The molecule has 1 aromatic rings. The van der Waals surface area contributed by atoms with Gasteiger partial charge in [-0.25, -0.2) is 0 Å². The number of fused-ring (bicyclic) bond motifs is 1. The number of nitrogens with zero attached hydrogens (tertiary/aromatic N) is 2. The molecule has 0 atom stereocenters. The van der Waals surface area contributed by atoms with E-state index in [0.29, 0.717) is 6.04 Å². The topological polar surface area (TPSA) is 37.3 Å². The highest BCUT2D eigenvalue weighted by molar-refractivity contribution is 5.29. The Morgan fingerprint density at radius 2 is 2.14 bits per heavy atom. The lowest BCUT2D eigenvalue weighted by atomic mass is 10.0. The number of rotatable bonds is 6. The third-order valence-electron chi connectivity index (χ3n) is 4.68. The van der Waals surface area contributed by atoms with Gasteiger partial charge in [-0.1, -0.05) is 13.8 Å². The lowest BCUT2D eigenvalue weighted by Crippen LogP contribution is -2.37. The number of likely N-dealkylation sites (N-methyl/N-ethyl adjacent to an activating group) is 1. The molecule has 1 saturated carbocycles. The number of pyridine rings is 1. The summed E-state index contributed by atoms with van der Waals surface area (Å²) >= 11 is 0. The number of hydrogen-bond donors (Lipinski definition) is 1. The molecular formula is C17H27N3O. The summed E-state index contributed by atoms with van der Waals surface area (Å²) in [6.07, 6.45) is 4.55. The molecule has 0 saturated heterocycles. The van der Waals surface area contributed by atoms with Crippen molar-refractivity contribution in [2.45, 2.75) is 65.2 Å². The first-order valence-corrected chi connectivity index (χ1v) is 8.43. The van der Waals surface area contributed by atoms with E-state index in [4.69, 9.17) is 0 Å². The predicted octanol–water partition coefficient (Wildman–Crippen LogP) is 1.89. The Kier molecular flexibility index (Phi) is 4.45. The zero-order valence-electron chi connectivity index (χ0n) is 13.3. The van der Waals surface area contributed by atoms with Crippen molar-refractivity contribution in [1.82, 2.24) is 14.8 Å². The second kappa shape index (κ2) is 6.32. The van der Waals surface area contributed by atoms with Crippen LogP contribution in [-0.2, 0) is 26.1 Å². The van der Waals surface area contributed by atoms with Gasteiger partial charge in [0.05, 0.1) is 0 Å². The monoisotopic (exact) mass is 289 g/mol. The second-order valence-electron chi connectivity index (χ2n) is 6.37. The molecular weight excluding hydrogens is 262 g/mol. The van der Waals surface area contributed by atoms with Crippen LogP contribution in [0, 0.1) is 0 Å². The molecule has 1 N–H and O–H groups in total. The summed E-state index contributed by atoms with van der Waals surface area (Å²) in [6.45, 7) is 9.09. The average molecular weight is 289 g/mol. The van der Waals surface area contributed by atoms with E-state index in [1.807, 2.05) is 4.57 Å². The third-order valence-corrected chi connectivity index (χ3v) is 4.68. The summed E-state index contributed by atoms with van der Waals surface area (Å²) in [7, 11) is 0. The first kappa shape index (κ1) is 14.8. The largest absolute Gasteiger partial charge is 0.312 e. The van der Waals surface area contributed by atoms with Gasteiger partial charge in [-0.3, -0.25) is 9.69 Å². The summed E-state index contributed by atoms with van der Waals surface area (Å²) in [5.41, 5.74) is 3.83. The van der Waals surface area contributed by atoms with Gasteiger partial charge in [-0.05, 0) is 37.4 Å². The van der Waals surface area contributed by atoms with Gasteiger partial charge in [0.15, 0.2) is 0 Å². The molecule has 0 unspecified atom stereocenters. The second-order valence-corrected chi connectivity index (χ2v) is 6.37. The molecule has 2 aliphatic rings. The Labute approximate surface area is 127 Å². The van der Waals surface area contributed by atoms with Gasteiger partial charge < -0.3 is 9.88 Å². The fraction of sp³-hybridized carbons (Fsp3) is 0.706. The fourth-order valence-corrected chi connectivity index (χ4v) is 3.24. The van der Waals surface area contributed by atoms with Crippen LogP contribution < -0.4 is 10.9 Å². The van der Waals surface area contributed by atoms with Gasteiger partial charge in [0.25, 0.3) is 5.56 Å². The Hall–Kier alpha value is -1.13. The average Bonchev–Trinajstić information content (AvgIpc) is 3.32. The third kappa shape index (κ3) is 3.22. The smallest absolute Gasteiger partial charge is 0.255 e. The van der Waals surface area contributed by atoms with Gasteiger partial charge in [0, 0.05) is 49.9 Å². The van der Waals surface area contributed by atoms with E-state index >= 15 is 0 Å². The minimum absolute atomic E-state index is 0.230. The fourth-order valence-electron chi connectivity index (χ4n) is 3.24. The summed E-state index contributed by atoms with van der Waals surface area (Å²) in [5, 5.41) is 3.49. The maximum absolute atomic E-state index is 12.7. The van der Waals surface area contributed by atoms with Crippen molar-refractivity contribution >= 4 is 0 Å². The van der Waals surface area contributed by atoms with Crippen molar-refractivity contribution in [1.29, 1.82) is 0 Å². The first-order chi connectivity index (χ1) is 10.2. The highest BCUT2D eigenvalue weighted by atomic mass is 16.1. The molecule has 1 aliphatic carbocycles. The Bertz CT molecular complexity index is 560. The van der Waals surface area contributed by atoms with E-state index in [0.717, 1.165) is 51.1 Å². The molecule has 0 radical (unpaired) electrons. The minimum atomic E-state index is 0.230. The highest BCUT2D eigenvalue weighted by Gasteiger charge is 2.23. The molecule has 0 aromatic carbocycles. The van der Waals surface area contributed by atoms with Crippen LogP contribution in [0.15, 0.2) is 10.9 Å².